The lowest BCUT2D eigenvalue weighted by Crippen LogP contribution is -2.30. The largest absolute Gasteiger partial charge is 0.358 e. The molecule has 1 heterocycles. The van der Waals surface area contributed by atoms with Crippen LogP contribution in [0.2, 0.25) is 0 Å². The van der Waals surface area contributed by atoms with Gasteiger partial charge in [-0.25, -0.2) is 4.57 Å². The molecule has 0 radical (unpaired) electrons. The van der Waals surface area contributed by atoms with Gasteiger partial charge in [0, 0.05) is 12.1 Å². The minimum absolute atomic E-state index is 0. The van der Waals surface area contributed by atoms with E-state index in [2.05, 4.69) is 23.9 Å². The van der Waals surface area contributed by atoms with E-state index in [1.54, 1.807) is 0 Å². The Morgan fingerprint density at radius 2 is 1.33 bits per heavy atom. The number of hydrogen-bond acceptors (Lipinski definition) is 0. The molecule has 1 heteroatoms. The highest BCUT2D eigenvalue weighted by Gasteiger charge is 1.86. The topological polar surface area (TPSA) is 3.88 Å². The summed E-state index contributed by atoms with van der Waals surface area (Å²) in [6.07, 6.45) is 4.11. The van der Waals surface area contributed by atoms with Crippen LogP contribution >= 0.6 is 0 Å². The molecule has 0 atom stereocenters. The summed E-state index contributed by atoms with van der Waals surface area (Å²) in [5, 5.41) is 0. The quantitative estimate of drug-likeness (QED) is 0.450. The number of rotatable bonds is 1. The van der Waals surface area contributed by atoms with Gasteiger partial charge in [0.15, 0.2) is 12.4 Å². The Labute approximate surface area is 79.1 Å². The zero-order valence-electron chi connectivity index (χ0n) is 6.04. The highest BCUT2D eigenvalue weighted by molar-refractivity contribution is 4.83. The molecule has 0 spiro atoms. The molecule has 0 bridgehead atoms. The van der Waals surface area contributed by atoms with Crippen LogP contribution in [0.1, 0.15) is 29.2 Å². The fourth-order valence-electron chi connectivity index (χ4n) is 0.645. The SMILES string of the molecule is C.C.C.CC[n+]1ccccc1.[CH3-]. The molecule has 0 N–H and O–H groups in total. The third-order valence-corrected chi connectivity index (χ3v) is 1.14. The van der Waals surface area contributed by atoms with Crippen molar-refractivity contribution >= 4 is 0 Å². The lowest BCUT2D eigenvalue weighted by Gasteiger charge is -1.84. The van der Waals surface area contributed by atoms with Crippen molar-refractivity contribution in [1.82, 2.24) is 0 Å². The van der Waals surface area contributed by atoms with Crippen LogP contribution in [0.4, 0.5) is 0 Å². The molecular formula is C11H25N. The van der Waals surface area contributed by atoms with E-state index in [9.17, 15) is 0 Å². The summed E-state index contributed by atoms with van der Waals surface area (Å²) in [6.45, 7) is 3.18. The van der Waals surface area contributed by atoms with Gasteiger partial charge in [0.1, 0.15) is 6.54 Å². The lowest BCUT2D eigenvalue weighted by molar-refractivity contribution is -0.693. The molecule has 1 aromatic rings. The first kappa shape index (κ1) is 22.5. The van der Waals surface area contributed by atoms with Gasteiger partial charge in [-0.1, -0.05) is 28.3 Å². The van der Waals surface area contributed by atoms with Crippen molar-refractivity contribution in [2.24, 2.45) is 0 Å². The van der Waals surface area contributed by atoms with E-state index in [0.717, 1.165) is 6.54 Å². The molecule has 1 aromatic heterocycles. The first-order valence-corrected chi connectivity index (χ1v) is 2.87. The maximum atomic E-state index is 2.12. The van der Waals surface area contributed by atoms with Gasteiger partial charge in [0.05, 0.1) is 0 Å². The van der Waals surface area contributed by atoms with Crippen LogP contribution in [-0.2, 0) is 6.54 Å². The summed E-state index contributed by atoms with van der Waals surface area (Å²) in [4.78, 5) is 0. The molecule has 0 unspecified atom stereocenters. The van der Waals surface area contributed by atoms with Crippen molar-refractivity contribution in [3.8, 4) is 0 Å². The predicted octanol–water partition coefficient (Wildman–Crippen LogP) is 3.35. The second kappa shape index (κ2) is 12.8. The highest BCUT2D eigenvalue weighted by atomic mass is 14.9. The van der Waals surface area contributed by atoms with Gasteiger partial charge in [-0.05, 0) is 6.92 Å². The average Bonchev–Trinajstić information content (AvgIpc) is 1.90. The lowest BCUT2D eigenvalue weighted by atomic mass is 10.5. The Balaban J connectivity index is -0.0000000800. The van der Waals surface area contributed by atoms with Crippen LogP contribution in [0.15, 0.2) is 30.6 Å². The van der Waals surface area contributed by atoms with Crippen LogP contribution in [0.5, 0.6) is 0 Å². The van der Waals surface area contributed by atoms with Crippen LogP contribution < -0.4 is 4.57 Å². The second-order valence-corrected chi connectivity index (χ2v) is 1.71. The Hall–Kier alpha value is -0.850. The summed E-state index contributed by atoms with van der Waals surface area (Å²) in [5.41, 5.74) is 0. The molecule has 0 saturated carbocycles. The zero-order valence-corrected chi connectivity index (χ0v) is 6.04. The molecule has 0 fully saturated rings. The van der Waals surface area contributed by atoms with Crippen molar-refractivity contribution < 1.29 is 4.57 Å². The third kappa shape index (κ3) is 7.26. The molecule has 12 heavy (non-hydrogen) atoms. The molecule has 74 valence electrons. The smallest absolute Gasteiger partial charge is 0.168 e. The fraction of sp³-hybridized carbons (Fsp3) is 0.455. The molecular weight excluding hydrogens is 146 g/mol. The highest BCUT2D eigenvalue weighted by Crippen LogP contribution is 1.74. The van der Waals surface area contributed by atoms with Crippen LogP contribution in [0.3, 0.4) is 0 Å². The minimum Gasteiger partial charge on any atom is -0.358 e. The van der Waals surface area contributed by atoms with E-state index in [1.165, 1.54) is 0 Å². The number of hydrogen-bond donors (Lipinski definition) is 0. The maximum absolute atomic E-state index is 2.12. The average molecular weight is 171 g/mol. The number of pyridine rings is 1. The van der Waals surface area contributed by atoms with E-state index >= 15 is 0 Å². The number of aryl methyl sites for hydroxylation is 1. The molecule has 0 aliphatic heterocycles. The standard InChI is InChI=1S/C7H10N.3CH4.CH3/c1-2-8-6-4-3-5-7-8;;;;/h3-7H,2H2,1H3;3*1H4;1H3/q+1;;;;-1. The molecule has 1 nitrogen and oxygen atoms in total. The fourth-order valence-corrected chi connectivity index (χ4v) is 0.645. The second-order valence-electron chi connectivity index (χ2n) is 1.71. The summed E-state index contributed by atoms with van der Waals surface area (Å²) in [5.74, 6) is 0. The third-order valence-electron chi connectivity index (χ3n) is 1.14. The van der Waals surface area contributed by atoms with Crippen LogP contribution in [-0.4, -0.2) is 0 Å². The van der Waals surface area contributed by atoms with Gasteiger partial charge in [0.25, 0.3) is 0 Å². The van der Waals surface area contributed by atoms with E-state index < -0.39 is 0 Å². The molecule has 0 aliphatic carbocycles. The van der Waals surface area contributed by atoms with Gasteiger partial charge in [0.2, 0.25) is 0 Å². The number of nitrogens with zero attached hydrogens (tertiary/aromatic N) is 1. The summed E-state index contributed by atoms with van der Waals surface area (Å²) < 4.78 is 2.12. The summed E-state index contributed by atoms with van der Waals surface area (Å²) in [7, 11) is 0. The predicted molar refractivity (Wildman–Crippen MR) is 58.9 cm³/mol. The summed E-state index contributed by atoms with van der Waals surface area (Å²) in [6, 6.07) is 6.08. The number of aromatic nitrogens is 1. The van der Waals surface area contributed by atoms with Crippen LogP contribution in [0, 0.1) is 7.43 Å². The van der Waals surface area contributed by atoms with E-state index in [1.807, 2.05) is 18.2 Å². The van der Waals surface area contributed by atoms with Crippen molar-refractivity contribution in [2.75, 3.05) is 0 Å². The van der Waals surface area contributed by atoms with Gasteiger partial charge >= 0.3 is 0 Å². The van der Waals surface area contributed by atoms with Gasteiger partial charge in [-0.3, -0.25) is 0 Å². The van der Waals surface area contributed by atoms with Gasteiger partial charge in [-0.2, -0.15) is 0 Å². The Kier molecular flexibility index (Phi) is 24.0. The maximum Gasteiger partial charge on any atom is 0.168 e. The van der Waals surface area contributed by atoms with Crippen molar-refractivity contribution in [2.45, 2.75) is 35.7 Å². The van der Waals surface area contributed by atoms with E-state index in [0.29, 0.717) is 0 Å². The molecule has 0 aromatic carbocycles. The molecule has 1 rings (SSSR count). The van der Waals surface area contributed by atoms with Crippen molar-refractivity contribution in [1.29, 1.82) is 0 Å². The van der Waals surface area contributed by atoms with Gasteiger partial charge in [-0.15, -0.1) is 0 Å². The minimum atomic E-state index is 0. The van der Waals surface area contributed by atoms with Crippen molar-refractivity contribution in [3.05, 3.63) is 38.0 Å². The summed E-state index contributed by atoms with van der Waals surface area (Å²) >= 11 is 0. The molecule has 0 saturated heterocycles. The first-order valence-electron chi connectivity index (χ1n) is 2.87. The molecule has 0 aliphatic rings. The van der Waals surface area contributed by atoms with E-state index in [4.69, 9.17) is 0 Å². The van der Waals surface area contributed by atoms with Gasteiger partial charge < -0.3 is 7.43 Å². The monoisotopic (exact) mass is 171 g/mol. The Morgan fingerprint density at radius 3 is 1.58 bits per heavy atom. The molecule has 0 amide bonds. The van der Waals surface area contributed by atoms with Crippen molar-refractivity contribution in [3.63, 3.8) is 0 Å². The van der Waals surface area contributed by atoms with Crippen LogP contribution in [0.25, 0.3) is 0 Å². The first-order chi connectivity index (χ1) is 3.93. The zero-order chi connectivity index (χ0) is 5.82. The Bertz CT molecular complexity index is 146. The van der Waals surface area contributed by atoms with E-state index in [-0.39, 0.29) is 29.7 Å². The normalized spacial score (nSPS) is 6.08. The Morgan fingerprint density at radius 1 is 0.917 bits per heavy atom.